The summed E-state index contributed by atoms with van der Waals surface area (Å²) in [5.41, 5.74) is 1.89. The number of aromatic amines is 1. The fourth-order valence-corrected chi connectivity index (χ4v) is 3.07. The van der Waals surface area contributed by atoms with Gasteiger partial charge in [-0.1, -0.05) is 39.8 Å². The van der Waals surface area contributed by atoms with E-state index < -0.39 is 11.3 Å². The van der Waals surface area contributed by atoms with Crippen LogP contribution in [0.5, 0.6) is 0 Å². The van der Waals surface area contributed by atoms with Crippen LogP contribution in [0.15, 0.2) is 40.1 Å². The Morgan fingerprint density at radius 2 is 2.04 bits per heavy atom. The Morgan fingerprint density at radius 1 is 1.33 bits per heavy atom. The molecule has 1 fully saturated rings. The standard InChI is InChI=1S/C16H17BrN4O2S/c1-9(14(22)21-15(23)19-12-6-7-12)24-16-18-8-13(20-16)10-2-4-11(17)5-3-10/h2-5,8-9,12H,6-7H2,1H3,(H,18,20)(H2,19,21,22,23). The van der Waals surface area contributed by atoms with Crippen molar-refractivity contribution in [2.45, 2.75) is 36.2 Å². The highest BCUT2D eigenvalue weighted by atomic mass is 79.9. The molecule has 2 aromatic rings. The summed E-state index contributed by atoms with van der Waals surface area (Å²) in [7, 11) is 0. The van der Waals surface area contributed by atoms with Gasteiger partial charge in [0.05, 0.1) is 17.1 Å². The second kappa shape index (κ2) is 7.40. The number of urea groups is 1. The van der Waals surface area contributed by atoms with Gasteiger partial charge in [-0.3, -0.25) is 10.1 Å². The third-order valence-corrected chi connectivity index (χ3v) is 5.04. The predicted molar refractivity (Wildman–Crippen MR) is 96.7 cm³/mol. The number of hydrogen-bond acceptors (Lipinski definition) is 4. The molecule has 3 N–H and O–H groups in total. The molecule has 8 heteroatoms. The summed E-state index contributed by atoms with van der Waals surface area (Å²) >= 11 is 4.68. The van der Waals surface area contributed by atoms with Crippen molar-refractivity contribution < 1.29 is 9.59 Å². The summed E-state index contributed by atoms with van der Waals surface area (Å²) in [6.07, 6.45) is 3.70. The maximum absolute atomic E-state index is 12.0. The number of imide groups is 1. The molecule has 1 aromatic heterocycles. The largest absolute Gasteiger partial charge is 0.335 e. The molecule has 1 aliphatic carbocycles. The van der Waals surface area contributed by atoms with Crippen molar-refractivity contribution >= 4 is 39.6 Å². The van der Waals surface area contributed by atoms with Crippen molar-refractivity contribution in [3.63, 3.8) is 0 Å². The van der Waals surface area contributed by atoms with Crippen molar-refractivity contribution in [1.82, 2.24) is 20.6 Å². The third-order valence-electron chi connectivity index (χ3n) is 3.51. The second-order valence-electron chi connectivity index (χ2n) is 5.61. The second-order valence-corrected chi connectivity index (χ2v) is 7.85. The minimum Gasteiger partial charge on any atom is -0.335 e. The quantitative estimate of drug-likeness (QED) is 0.662. The number of imidazole rings is 1. The van der Waals surface area contributed by atoms with Crippen LogP contribution in [-0.4, -0.2) is 33.2 Å². The van der Waals surface area contributed by atoms with Gasteiger partial charge in [-0.05, 0) is 37.5 Å². The maximum atomic E-state index is 12.0. The molecular formula is C16H17BrN4O2S. The van der Waals surface area contributed by atoms with E-state index >= 15 is 0 Å². The van der Waals surface area contributed by atoms with Gasteiger partial charge >= 0.3 is 6.03 Å². The molecule has 1 aromatic carbocycles. The van der Waals surface area contributed by atoms with Gasteiger partial charge in [-0.25, -0.2) is 9.78 Å². The van der Waals surface area contributed by atoms with E-state index in [0.717, 1.165) is 28.6 Å². The van der Waals surface area contributed by atoms with Gasteiger partial charge in [-0.2, -0.15) is 0 Å². The summed E-state index contributed by atoms with van der Waals surface area (Å²) in [5, 5.41) is 5.29. The van der Waals surface area contributed by atoms with Crippen LogP contribution in [0.1, 0.15) is 19.8 Å². The molecule has 1 atom stereocenters. The Labute approximate surface area is 152 Å². The first-order valence-electron chi connectivity index (χ1n) is 7.60. The SMILES string of the molecule is CC(Sc1ncc(-c2ccc(Br)cc2)[nH]1)C(=O)NC(=O)NC1CC1. The Balaban J connectivity index is 1.56. The fraction of sp³-hybridized carbons (Fsp3) is 0.312. The number of nitrogens with one attached hydrogen (secondary N) is 3. The summed E-state index contributed by atoms with van der Waals surface area (Å²) in [6, 6.07) is 7.66. The topological polar surface area (TPSA) is 86.9 Å². The Morgan fingerprint density at radius 3 is 2.71 bits per heavy atom. The van der Waals surface area contributed by atoms with Crippen molar-refractivity contribution in [3.05, 3.63) is 34.9 Å². The monoisotopic (exact) mass is 408 g/mol. The number of H-pyrrole nitrogens is 1. The molecule has 3 amide bonds. The molecule has 1 heterocycles. The number of amides is 3. The molecule has 24 heavy (non-hydrogen) atoms. The number of halogens is 1. The average molecular weight is 409 g/mol. The maximum Gasteiger partial charge on any atom is 0.321 e. The number of carbonyl (C=O) groups is 2. The lowest BCUT2D eigenvalue weighted by Crippen LogP contribution is -2.43. The molecule has 1 saturated carbocycles. The van der Waals surface area contributed by atoms with Gasteiger partial charge in [0.1, 0.15) is 0 Å². The van der Waals surface area contributed by atoms with E-state index in [9.17, 15) is 9.59 Å². The lowest BCUT2D eigenvalue weighted by Gasteiger charge is -2.10. The van der Waals surface area contributed by atoms with Crippen molar-refractivity contribution in [2.75, 3.05) is 0 Å². The number of rotatable bonds is 5. The number of benzene rings is 1. The molecule has 1 aliphatic rings. The normalized spacial score (nSPS) is 14.9. The minimum atomic E-state index is -0.432. The van der Waals surface area contributed by atoms with E-state index in [1.165, 1.54) is 11.8 Å². The molecule has 0 radical (unpaired) electrons. The van der Waals surface area contributed by atoms with Crippen LogP contribution in [0.25, 0.3) is 11.3 Å². The van der Waals surface area contributed by atoms with Crippen molar-refractivity contribution in [2.24, 2.45) is 0 Å². The van der Waals surface area contributed by atoms with Gasteiger partial charge in [0.15, 0.2) is 5.16 Å². The van der Waals surface area contributed by atoms with Crippen LogP contribution in [0.2, 0.25) is 0 Å². The zero-order valence-electron chi connectivity index (χ0n) is 13.0. The zero-order chi connectivity index (χ0) is 17.1. The molecule has 126 valence electrons. The highest BCUT2D eigenvalue weighted by molar-refractivity contribution is 9.10. The highest BCUT2D eigenvalue weighted by Gasteiger charge is 2.25. The number of thioether (sulfide) groups is 1. The van der Waals surface area contributed by atoms with Crippen LogP contribution < -0.4 is 10.6 Å². The Bertz CT molecular complexity index is 743. The van der Waals surface area contributed by atoms with Gasteiger partial charge in [0, 0.05) is 10.5 Å². The fourth-order valence-electron chi connectivity index (χ4n) is 2.02. The minimum absolute atomic E-state index is 0.222. The van der Waals surface area contributed by atoms with Gasteiger partial charge in [0.2, 0.25) is 5.91 Å². The number of nitrogens with zero attached hydrogens (tertiary/aromatic N) is 1. The molecule has 0 aliphatic heterocycles. The van der Waals surface area contributed by atoms with Crippen LogP contribution >= 0.6 is 27.7 Å². The van der Waals surface area contributed by atoms with Crippen molar-refractivity contribution in [3.8, 4) is 11.3 Å². The van der Waals surface area contributed by atoms with Crippen LogP contribution in [-0.2, 0) is 4.79 Å². The van der Waals surface area contributed by atoms with E-state index in [0.29, 0.717) is 5.16 Å². The lowest BCUT2D eigenvalue weighted by atomic mass is 10.2. The first-order valence-corrected chi connectivity index (χ1v) is 9.27. The first-order chi connectivity index (χ1) is 11.5. The van der Waals surface area contributed by atoms with Crippen molar-refractivity contribution in [1.29, 1.82) is 0 Å². The predicted octanol–water partition coefficient (Wildman–Crippen LogP) is 3.31. The lowest BCUT2D eigenvalue weighted by molar-refractivity contribution is -0.119. The summed E-state index contributed by atoms with van der Waals surface area (Å²) in [4.78, 5) is 31.1. The Kier molecular flexibility index (Phi) is 5.25. The van der Waals surface area contributed by atoms with Gasteiger partial charge < -0.3 is 10.3 Å². The molecule has 1 unspecified atom stereocenters. The highest BCUT2D eigenvalue weighted by Crippen LogP contribution is 2.25. The van der Waals surface area contributed by atoms with E-state index in [2.05, 4.69) is 36.5 Å². The number of carbonyl (C=O) groups excluding carboxylic acids is 2. The number of aromatic nitrogens is 2. The molecule has 6 nitrogen and oxygen atoms in total. The summed E-state index contributed by atoms with van der Waals surface area (Å²) < 4.78 is 1.01. The van der Waals surface area contributed by atoms with E-state index in [1.54, 1.807) is 13.1 Å². The Hall–Kier alpha value is -1.80. The third kappa shape index (κ3) is 4.61. The zero-order valence-corrected chi connectivity index (χ0v) is 15.4. The average Bonchev–Trinajstić information content (AvgIpc) is 3.23. The number of hydrogen-bond donors (Lipinski definition) is 3. The molecule has 0 bridgehead atoms. The van der Waals surface area contributed by atoms with Gasteiger partial charge in [-0.15, -0.1) is 0 Å². The van der Waals surface area contributed by atoms with Crippen LogP contribution in [0.3, 0.4) is 0 Å². The summed E-state index contributed by atoms with van der Waals surface area (Å²) in [6.45, 7) is 1.74. The van der Waals surface area contributed by atoms with E-state index in [1.807, 2.05) is 24.3 Å². The van der Waals surface area contributed by atoms with Crippen LogP contribution in [0.4, 0.5) is 4.79 Å². The molecule has 0 saturated heterocycles. The first kappa shape index (κ1) is 17.0. The van der Waals surface area contributed by atoms with E-state index in [4.69, 9.17) is 0 Å². The van der Waals surface area contributed by atoms with Crippen LogP contribution in [0, 0.1) is 0 Å². The molecular weight excluding hydrogens is 392 g/mol. The molecule has 3 rings (SSSR count). The van der Waals surface area contributed by atoms with Gasteiger partial charge in [0.25, 0.3) is 0 Å². The summed E-state index contributed by atoms with van der Waals surface area (Å²) in [5.74, 6) is -0.334. The van der Waals surface area contributed by atoms with E-state index in [-0.39, 0.29) is 11.9 Å². The molecule has 0 spiro atoms. The smallest absolute Gasteiger partial charge is 0.321 e.